The Labute approximate surface area is 96.5 Å². The second kappa shape index (κ2) is 3.38. The van der Waals surface area contributed by atoms with Gasteiger partial charge in [-0.1, -0.05) is 18.2 Å². The number of thiophene rings is 1. The summed E-state index contributed by atoms with van der Waals surface area (Å²) in [6.07, 6.45) is 0. The van der Waals surface area contributed by atoms with Crippen molar-refractivity contribution >= 4 is 37.5 Å². The number of hydrogen-bond donors (Lipinski definition) is 0. The molecule has 16 heavy (non-hydrogen) atoms. The van der Waals surface area contributed by atoms with Crippen molar-refractivity contribution in [2.45, 2.75) is 0 Å². The van der Waals surface area contributed by atoms with Crippen LogP contribution in [0, 0.1) is 0 Å². The highest BCUT2D eigenvalue weighted by Crippen LogP contribution is 2.35. The summed E-state index contributed by atoms with van der Waals surface area (Å²) in [4.78, 5) is 1.96. The van der Waals surface area contributed by atoms with E-state index in [1.165, 1.54) is 4.70 Å². The van der Waals surface area contributed by atoms with Crippen molar-refractivity contribution in [1.29, 1.82) is 0 Å². The van der Waals surface area contributed by atoms with Crippen molar-refractivity contribution in [3.8, 4) is 0 Å². The average Bonchev–Trinajstić information content (AvgIpc) is 2.67. The van der Waals surface area contributed by atoms with Gasteiger partial charge in [0.1, 0.15) is 10.2 Å². The van der Waals surface area contributed by atoms with E-state index in [1.807, 2.05) is 31.1 Å². The minimum Gasteiger partial charge on any atom is -0.360 e. The summed E-state index contributed by atoms with van der Waals surface area (Å²) < 4.78 is 2.32. The number of hydrogen-bond acceptors (Lipinski definition) is 5. The van der Waals surface area contributed by atoms with Crippen molar-refractivity contribution in [1.82, 2.24) is 15.4 Å². The van der Waals surface area contributed by atoms with Crippen LogP contribution in [0.2, 0.25) is 0 Å². The summed E-state index contributed by atoms with van der Waals surface area (Å²) in [5.41, 5.74) is 0.944. The summed E-state index contributed by atoms with van der Waals surface area (Å²) in [6.45, 7) is 0. The van der Waals surface area contributed by atoms with Crippen LogP contribution in [-0.4, -0.2) is 29.5 Å². The van der Waals surface area contributed by atoms with Gasteiger partial charge in [-0.15, -0.1) is 21.5 Å². The van der Waals surface area contributed by atoms with Crippen LogP contribution in [0.3, 0.4) is 0 Å². The van der Waals surface area contributed by atoms with Gasteiger partial charge >= 0.3 is 0 Å². The second-order valence-corrected chi connectivity index (χ2v) is 4.84. The van der Waals surface area contributed by atoms with Gasteiger partial charge in [-0.25, -0.2) is 0 Å². The fourth-order valence-corrected chi connectivity index (χ4v) is 2.93. The van der Waals surface area contributed by atoms with Gasteiger partial charge < -0.3 is 4.90 Å². The van der Waals surface area contributed by atoms with Crippen molar-refractivity contribution in [2.75, 3.05) is 19.0 Å². The third-order valence-corrected chi connectivity index (χ3v) is 3.64. The van der Waals surface area contributed by atoms with E-state index in [0.717, 1.165) is 21.4 Å². The summed E-state index contributed by atoms with van der Waals surface area (Å²) in [7, 11) is 3.93. The smallest absolute Gasteiger partial charge is 0.172 e. The van der Waals surface area contributed by atoms with Gasteiger partial charge in [-0.2, -0.15) is 0 Å². The second-order valence-electron chi connectivity index (χ2n) is 3.78. The summed E-state index contributed by atoms with van der Waals surface area (Å²) in [6, 6.07) is 8.23. The largest absolute Gasteiger partial charge is 0.360 e. The normalized spacial score (nSPS) is 11.1. The molecule has 5 heteroatoms. The van der Waals surface area contributed by atoms with Crippen LogP contribution in [0.1, 0.15) is 0 Å². The molecule has 2 heterocycles. The number of aromatic nitrogens is 3. The highest BCUT2D eigenvalue weighted by molar-refractivity contribution is 7.26. The lowest BCUT2D eigenvalue weighted by Crippen LogP contribution is -2.11. The number of fused-ring (bicyclic) bond motifs is 3. The van der Waals surface area contributed by atoms with E-state index in [0.29, 0.717) is 0 Å². The van der Waals surface area contributed by atoms with Gasteiger partial charge in [0.25, 0.3) is 0 Å². The van der Waals surface area contributed by atoms with Crippen LogP contribution in [0.4, 0.5) is 5.82 Å². The monoisotopic (exact) mass is 230 g/mol. The molecule has 0 spiro atoms. The fourth-order valence-electron chi connectivity index (χ4n) is 1.73. The molecule has 0 saturated heterocycles. The number of benzene rings is 1. The van der Waals surface area contributed by atoms with E-state index < -0.39 is 0 Å². The van der Waals surface area contributed by atoms with E-state index in [2.05, 4.69) is 27.5 Å². The van der Waals surface area contributed by atoms with Crippen LogP contribution < -0.4 is 4.90 Å². The molecule has 0 radical (unpaired) electrons. The Balaban J connectivity index is 2.49. The number of anilines is 1. The standard InChI is InChI=1S/C11H10N4S/c1-15(2)11-10-9(12-14-13-11)7-5-3-4-6-8(7)16-10/h3-6H,1-2H3. The van der Waals surface area contributed by atoms with E-state index >= 15 is 0 Å². The molecule has 0 unspecified atom stereocenters. The van der Waals surface area contributed by atoms with Gasteiger partial charge in [-0.3, -0.25) is 0 Å². The third-order valence-electron chi connectivity index (χ3n) is 2.48. The van der Waals surface area contributed by atoms with Crippen LogP contribution in [-0.2, 0) is 0 Å². The maximum atomic E-state index is 4.14. The maximum absolute atomic E-state index is 4.14. The first-order valence-corrected chi connectivity index (χ1v) is 5.77. The molecular formula is C11H10N4S. The molecule has 2 aromatic heterocycles. The van der Waals surface area contributed by atoms with Gasteiger partial charge in [0.15, 0.2) is 5.82 Å². The molecule has 0 aliphatic rings. The number of rotatable bonds is 1. The Kier molecular flexibility index (Phi) is 2.00. The molecule has 0 amide bonds. The molecule has 0 N–H and O–H groups in total. The fraction of sp³-hybridized carbons (Fsp3) is 0.182. The van der Waals surface area contributed by atoms with Crippen LogP contribution >= 0.6 is 11.3 Å². The van der Waals surface area contributed by atoms with Crippen LogP contribution in [0.15, 0.2) is 24.3 Å². The highest BCUT2D eigenvalue weighted by Gasteiger charge is 2.12. The molecule has 3 rings (SSSR count). The third kappa shape index (κ3) is 1.25. The van der Waals surface area contributed by atoms with Crippen molar-refractivity contribution in [3.63, 3.8) is 0 Å². The molecular weight excluding hydrogens is 220 g/mol. The minimum absolute atomic E-state index is 0.881. The lowest BCUT2D eigenvalue weighted by Gasteiger charge is -2.09. The van der Waals surface area contributed by atoms with Gasteiger partial charge in [0.05, 0.1) is 0 Å². The van der Waals surface area contributed by atoms with Crippen LogP contribution in [0.5, 0.6) is 0 Å². The topological polar surface area (TPSA) is 41.9 Å². The molecule has 4 nitrogen and oxygen atoms in total. The van der Waals surface area contributed by atoms with Gasteiger partial charge in [0, 0.05) is 24.2 Å². The Bertz CT molecular complexity index is 659. The first-order chi connectivity index (χ1) is 7.77. The highest BCUT2D eigenvalue weighted by atomic mass is 32.1. The predicted octanol–water partition coefficient (Wildman–Crippen LogP) is 2.31. The molecule has 3 aromatic rings. The van der Waals surface area contributed by atoms with Crippen molar-refractivity contribution in [2.24, 2.45) is 0 Å². The zero-order valence-electron chi connectivity index (χ0n) is 9.01. The average molecular weight is 230 g/mol. The molecule has 0 bridgehead atoms. The number of nitrogens with zero attached hydrogens (tertiary/aromatic N) is 4. The lowest BCUT2D eigenvalue weighted by atomic mass is 10.2. The molecule has 80 valence electrons. The van der Waals surface area contributed by atoms with E-state index in [-0.39, 0.29) is 0 Å². The van der Waals surface area contributed by atoms with E-state index in [1.54, 1.807) is 11.3 Å². The van der Waals surface area contributed by atoms with E-state index in [9.17, 15) is 0 Å². The van der Waals surface area contributed by atoms with Crippen molar-refractivity contribution in [3.05, 3.63) is 24.3 Å². The predicted molar refractivity (Wildman–Crippen MR) is 67.0 cm³/mol. The molecule has 0 saturated carbocycles. The molecule has 0 fully saturated rings. The van der Waals surface area contributed by atoms with Crippen LogP contribution in [0.25, 0.3) is 20.3 Å². The van der Waals surface area contributed by atoms with Gasteiger partial charge in [0.2, 0.25) is 0 Å². The summed E-state index contributed by atoms with van der Waals surface area (Å²) >= 11 is 1.71. The summed E-state index contributed by atoms with van der Waals surface area (Å²) in [5, 5.41) is 13.2. The lowest BCUT2D eigenvalue weighted by molar-refractivity contribution is 0.877. The quantitative estimate of drug-likeness (QED) is 0.643. The Hall–Kier alpha value is -1.75. The zero-order valence-corrected chi connectivity index (χ0v) is 9.82. The first-order valence-electron chi connectivity index (χ1n) is 4.95. The zero-order chi connectivity index (χ0) is 11.1. The molecule has 1 aromatic carbocycles. The summed E-state index contributed by atoms with van der Waals surface area (Å²) in [5.74, 6) is 0.881. The van der Waals surface area contributed by atoms with Gasteiger partial charge in [-0.05, 0) is 11.3 Å². The first kappa shape index (κ1) is 9.47. The molecule has 0 atom stereocenters. The Morgan fingerprint density at radius 3 is 2.75 bits per heavy atom. The Morgan fingerprint density at radius 2 is 1.94 bits per heavy atom. The van der Waals surface area contributed by atoms with E-state index in [4.69, 9.17) is 0 Å². The van der Waals surface area contributed by atoms with Crippen molar-refractivity contribution < 1.29 is 0 Å². The molecule has 0 aliphatic carbocycles. The molecule has 0 aliphatic heterocycles. The Morgan fingerprint density at radius 1 is 1.12 bits per heavy atom. The minimum atomic E-state index is 0.881. The SMILES string of the molecule is CN(C)c1nnnc2c1sc1ccccc12. The maximum Gasteiger partial charge on any atom is 0.172 e.